The number of carboxylic acid groups (broad SMARTS) is 2. The number of nitrogens with one attached hydrogen (secondary N) is 1. The van der Waals surface area contributed by atoms with Gasteiger partial charge in [-0.15, -0.1) is 0 Å². The Hall–Kier alpha value is -7.07. The summed E-state index contributed by atoms with van der Waals surface area (Å²) in [4.78, 5) is 59.7. The van der Waals surface area contributed by atoms with Gasteiger partial charge in [-0.3, -0.25) is 14.4 Å². The molecular formula is C41H27NO9. The highest BCUT2D eigenvalue weighted by Gasteiger charge is 2.19. The second kappa shape index (κ2) is 13.4. The van der Waals surface area contributed by atoms with E-state index in [4.69, 9.17) is 19.7 Å². The number of hydrogen-bond acceptors (Lipinski definition) is 7. The first-order valence-electron chi connectivity index (χ1n) is 15.8. The van der Waals surface area contributed by atoms with Crippen molar-refractivity contribution in [1.29, 1.82) is 0 Å². The van der Waals surface area contributed by atoms with E-state index in [1.165, 1.54) is 48.5 Å². The van der Waals surface area contributed by atoms with Crippen LogP contribution in [0.4, 0.5) is 5.69 Å². The lowest BCUT2D eigenvalue weighted by Crippen LogP contribution is -2.16. The topological polar surface area (TPSA) is 156 Å². The van der Waals surface area contributed by atoms with Gasteiger partial charge in [0.25, 0.3) is 17.5 Å². The van der Waals surface area contributed by atoms with E-state index in [-0.39, 0.29) is 30.2 Å². The highest BCUT2D eigenvalue weighted by atomic mass is 16.5. The molecule has 0 radical (unpaired) electrons. The summed E-state index contributed by atoms with van der Waals surface area (Å²) in [5.74, 6) is -4.78. The van der Waals surface area contributed by atoms with E-state index in [1.54, 1.807) is 18.2 Å². The number of rotatable bonds is 12. The number of amides is 1. The Bertz CT molecular complexity index is 2490. The van der Waals surface area contributed by atoms with Crippen LogP contribution in [0.3, 0.4) is 0 Å². The fourth-order valence-electron chi connectivity index (χ4n) is 6.06. The molecule has 0 heterocycles. The van der Waals surface area contributed by atoms with E-state index in [0.29, 0.717) is 33.9 Å². The minimum Gasteiger partial charge on any atom is -0.489 e. The highest BCUT2D eigenvalue weighted by Crippen LogP contribution is 2.38. The molecule has 0 aliphatic carbocycles. The summed E-state index contributed by atoms with van der Waals surface area (Å²) in [6.07, 6.45) is 0. The number of Topliss-reactive ketones (excluding diaryl/α,β-unsaturated/α-hetero) is 2. The zero-order valence-corrected chi connectivity index (χ0v) is 26.7. The fourth-order valence-corrected chi connectivity index (χ4v) is 6.06. The molecule has 0 saturated heterocycles. The maximum atomic E-state index is 14.1. The molecule has 250 valence electrons. The molecule has 7 rings (SSSR count). The third-order valence-electron chi connectivity index (χ3n) is 8.62. The molecule has 0 aliphatic heterocycles. The number of carbonyl (C=O) groups excluding carboxylic acids is 3. The van der Waals surface area contributed by atoms with Gasteiger partial charge in [0.1, 0.15) is 24.7 Å². The lowest BCUT2D eigenvalue weighted by Gasteiger charge is -2.17. The predicted octanol–water partition coefficient (Wildman–Crippen LogP) is 7.53. The second-order valence-electron chi connectivity index (χ2n) is 11.8. The van der Waals surface area contributed by atoms with Gasteiger partial charge in [-0.1, -0.05) is 60.7 Å². The third kappa shape index (κ3) is 6.53. The van der Waals surface area contributed by atoms with Gasteiger partial charge in [-0.2, -0.15) is 0 Å². The molecule has 0 atom stereocenters. The van der Waals surface area contributed by atoms with Crippen LogP contribution in [0.25, 0.3) is 32.3 Å². The van der Waals surface area contributed by atoms with E-state index >= 15 is 0 Å². The van der Waals surface area contributed by atoms with Gasteiger partial charge in [0, 0.05) is 33.3 Å². The summed E-state index contributed by atoms with van der Waals surface area (Å²) < 4.78 is 11.8. The average molecular weight is 678 g/mol. The van der Waals surface area contributed by atoms with Gasteiger partial charge in [-0.05, 0) is 93.2 Å². The van der Waals surface area contributed by atoms with Crippen LogP contribution in [-0.2, 0) is 22.8 Å². The van der Waals surface area contributed by atoms with E-state index in [0.717, 1.165) is 32.3 Å². The van der Waals surface area contributed by atoms with Crippen molar-refractivity contribution in [2.24, 2.45) is 0 Å². The molecule has 51 heavy (non-hydrogen) atoms. The lowest BCUT2D eigenvalue weighted by molar-refractivity contribution is -0.132. The first kappa shape index (κ1) is 32.5. The second-order valence-corrected chi connectivity index (χ2v) is 11.8. The molecule has 1 amide bonds. The SMILES string of the molecule is O=C(O)C(=O)c1ccc(OCc2ccc(COc3ccc(C(=O)C(=O)O)cc3)c(C(=O)Nc3ccc4ccc5cccc6ccc3c4c56)c2)cc1. The third-order valence-corrected chi connectivity index (χ3v) is 8.62. The number of benzene rings is 7. The van der Waals surface area contributed by atoms with Crippen molar-refractivity contribution in [2.75, 3.05) is 5.32 Å². The molecule has 0 fully saturated rings. The molecule has 7 aromatic carbocycles. The van der Waals surface area contributed by atoms with Crippen molar-refractivity contribution in [1.82, 2.24) is 0 Å². The van der Waals surface area contributed by atoms with Gasteiger partial charge >= 0.3 is 11.9 Å². The van der Waals surface area contributed by atoms with Crippen molar-refractivity contribution < 1.29 is 43.7 Å². The Balaban J connectivity index is 1.17. The predicted molar refractivity (Wildman–Crippen MR) is 190 cm³/mol. The summed E-state index contributed by atoms with van der Waals surface area (Å²) in [5.41, 5.74) is 2.19. The van der Waals surface area contributed by atoms with Gasteiger partial charge in [-0.25, -0.2) is 9.59 Å². The summed E-state index contributed by atoms with van der Waals surface area (Å²) >= 11 is 0. The first-order valence-corrected chi connectivity index (χ1v) is 15.8. The molecule has 0 saturated carbocycles. The maximum Gasteiger partial charge on any atom is 0.377 e. The lowest BCUT2D eigenvalue weighted by atomic mass is 9.93. The fraction of sp³-hybridized carbons (Fsp3) is 0.0488. The standard InChI is InChI=1S/C41H27NO9/c43-37(40(46)47)27-8-14-30(15-9-27)50-21-23-4-5-29(22-51-31-16-10-28(11-17-31)38(44)41(48)49)33(20-23)39(45)42-34-19-13-26-7-6-24-2-1-3-25-12-18-32(34)36(26)35(24)25/h1-20H,21-22H2,(H,42,45)(H,46,47)(H,48,49). The van der Waals surface area contributed by atoms with Crippen molar-refractivity contribution in [3.8, 4) is 11.5 Å². The van der Waals surface area contributed by atoms with Crippen molar-refractivity contribution >= 4 is 67.4 Å². The van der Waals surface area contributed by atoms with Crippen LogP contribution in [0.2, 0.25) is 0 Å². The number of ether oxygens (including phenoxy) is 2. The number of aliphatic carboxylic acids is 2. The number of carboxylic acids is 2. The summed E-state index contributed by atoms with van der Waals surface area (Å²) in [5, 5.41) is 27.4. The Kier molecular flexibility index (Phi) is 8.56. The van der Waals surface area contributed by atoms with Crippen LogP contribution in [0.5, 0.6) is 11.5 Å². The van der Waals surface area contributed by atoms with Crippen LogP contribution in [0.15, 0.2) is 121 Å². The van der Waals surface area contributed by atoms with Crippen LogP contribution in [0, 0.1) is 0 Å². The van der Waals surface area contributed by atoms with Crippen LogP contribution < -0.4 is 14.8 Å². The average Bonchev–Trinajstić information content (AvgIpc) is 3.15. The minimum atomic E-state index is -1.56. The smallest absolute Gasteiger partial charge is 0.377 e. The van der Waals surface area contributed by atoms with Gasteiger partial charge in [0.15, 0.2) is 0 Å². The number of ketones is 2. The van der Waals surface area contributed by atoms with Gasteiger partial charge in [0.2, 0.25) is 0 Å². The molecule has 7 aromatic rings. The van der Waals surface area contributed by atoms with Crippen molar-refractivity contribution in [3.63, 3.8) is 0 Å². The molecule has 10 heteroatoms. The van der Waals surface area contributed by atoms with Crippen molar-refractivity contribution in [3.05, 3.63) is 149 Å². The molecule has 0 bridgehead atoms. The van der Waals surface area contributed by atoms with Gasteiger partial charge in [0.05, 0.1) is 0 Å². The molecule has 0 aromatic heterocycles. The van der Waals surface area contributed by atoms with E-state index < -0.39 is 23.5 Å². The van der Waals surface area contributed by atoms with E-state index in [2.05, 4.69) is 29.6 Å². The normalized spacial score (nSPS) is 11.1. The largest absolute Gasteiger partial charge is 0.489 e. The Labute approximate surface area is 289 Å². The summed E-state index contributed by atoms with van der Waals surface area (Å²) in [7, 11) is 0. The number of hydrogen-bond donors (Lipinski definition) is 3. The summed E-state index contributed by atoms with van der Waals surface area (Å²) in [6.45, 7) is 0.0408. The first-order chi connectivity index (χ1) is 24.7. The molecule has 0 unspecified atom stereocenters. The Morgan fingerprint density at radius 2 is 1.08 bits per heavy atom. The molecule has 10 nitrogen and oxygen atoms in total. The Morgan fingerprint density at radius 3 is 1.67 bits per heavy atom. The maximum absolute atomic E-state index is 14.1. The van der Waals surface area contributed by atoms with Crippen LogP contribution in [0.1, 0.15) is 42.2 Å². The molecule has 0 aliphatic rings. The quantitative estimate of drug-likeness (QED) is 0.0676. The van der Waals surface area contributed by atoms with Gasteiger partial charge < -0.3 is 25.0 Å². The zero-order valence-electron chi connectivity index (χ0n) is 26.7. The van der Waals surface area contributed by atoms with E-state index in [1.807, 2.05) is 30.3 Å². The molecule has 3 N–H and O–H groups in total. The highest BCUT2D eigenvalue weighted by molar-refractivity contribution is 6.40. The number of anilines is 1. The molecular weight excluding hydrogens is 650 g/mol. The zero-order chi connectivity index (χ0) is 35.6. The Morgan fingerprint density at radius 1 is 0.549 bits per heavy atom. The van der Waals surface area contributed by atoms with Crippen LogP contribution >= 0.6 is 0 Å². The van der Waals surface area contributed by atoms with E-state index in [9.17, 15) is 24.0 Å². The van der Waals surface area contributed by atoms with Crippen LogP contribution in [-0.4, -0.2) is 39.6 Å². The molecule has 0 spiro atoms. The van der Waals surface area contributed by atoms with Crippen molar-refractivity contribution in [2.45, 2.75) is 13.2 Å². The minimum absolute atomic E-state index is 0.00990. The monoisotopic (exact) mass is 677 g/mol. The number of carbonyl (C=O) groups is 5. The summed E-state index contributed by atoms with van der Waals surface area (Å²) in [6, 6.07) is 34.8.